The SMILES string of the molecule is CC#CCC(NC)C(C)(C)N1CCOCC1. The van der Waals surface area contributed by atoms with Gasteiger partial charge in [-0.3, -0.25) is 4.90 Å². The van der Waals surface area contributed by atoms with Crippen LogP contribution in [-0.4, -0.2) is 49.8 Å². The molecule has 0 bridgehead atoms. The van der Waals surface area contributed by atoms with Crippen molar-refractivity contribution in [1.29, 1.82) is 0 Å². The van der Waals surface area contributed by atoms with Gasteiger partial charge in [-0.2, -0.15) is 0 Å². The van der Waals surface area contributed by atoms with E-state index in [0.717, 1.165) is 32.7 Å². The third-order valence-electron chi connectivity index (χ3n) is 3.51. The molecule has 0 aromatic heterocycles. The van der Waals surface area contributed by atoms with Crippen LogP contribution in [0, 0.1) is 11.8 Å². The molecular weight excluding hydrogens is 200 g/mol. The van der Waals surface area contributed by atoms with Gasteiger partial charge < -0.3 is 10.1 Å². The topological polar surface area (TPSA) is 24.5 Å². The number of hydrogen-bond acceptors (Lipinski definition) is 3. The number of hydrogen-bond donors (Lipinski definition) is 1. The second kappa shape index (κ2) is 6.24. The summed E-state index contributed by atoms with van der Waals surface area (Å²) in [7, 11) is 2.02. The lowest BCUT2D eigenvalue weighted by Crippen LogP contribution is -2.59. The van der Waals surface area contributed by atoms with Crippen molar-refractivity contribution >= 4 is 0 Å². The Morgan fingerprint density at radius 1 is 1.38 bits per heavy atom. The summed E-state index contributed by atoms with van der Waals surface area (Å²) in [6, 6.07) is 0.401. The highest BCUT2D eigenvalue weighted by Gasteiger charge is 2.34. The summed E-state index contributed by atoms with van der Waals surface area (Å²) in [4.78, 5) is 2.50. The summed E-state index contributed by atoms with van der Waals surface area (Å²) >= 11 is 0. The standard InChI is InChI=1S/C13H24N2O/c1-5-6-7-12(14-4)13(2,3)15-8-10-16-11-9-15/h12,14H,7-11H2,1-4H3. The first-order valence-electron chi connectivity index (χ1n) is 6.02. The third-order valence-corrected chi connectivity index (χ3v) is 3.51. The Hall–Kier alpha value is -0.560. The van der Waals surface area contributed by atoms with Crippen molar-refractivity contribution in [2.75, 3.05) is 33.4 Å². The molecule has 92 valence electrons. The van der Waals surface area contributed by atoms with Crippen LogP contribution in [-0.2, 0) is 4.74 Å². The van der Waals surface area contributed by atoms with Gasteiger partial charge in [-0.05, 0) is 27.8 Å². The molecule has 1 rings (SSSR count). The molecule has 0 amide bonds. The second-order valence-corrected chi connectivity index (χ2v) is 4.73. The zero-order chi connectivity index (χ0) is 12.0. The Morgan fingerprint density at radius 3 is 2.50 bits per heavy atom. The van der Waals surface area contributed by atoms with Crippen LogP contribution >= 0.6 is 0 Å². The molecule has 0 aliphatic carbocycles. The molecule has 0 aromatic carbocycles. The minimum atomic E-state index is 0.127. The van der Waals surface area contributed by atoms with Crippen molar-refractivity contribution < 1.29 is 4.74 Å². The highest BCUT2D eigenvalue weighted by atomic mass is 16.5. The van der Waals surface area contributed by atoms with E-state index in [2.05, 4.69) is 35.9 Å². The van der Waals surface area contributed by atoms with Crippen molar-refractivity contribution in [1.82, 2.24) is 10.2 Å². The molecule has 1 unspecified atom stereocenters. The van der Waals surface area contributed by atoms with Gasteiger partial charge in [0.15, 0.2) is 0 Å². The highest BCUT2D eigenvalue weighted by Crippen LogP contribution is 2.22. The van der Waals surface area contributed by atoms with Crippen LogP contribution in [0.15, 0.2) is 0 Å². The van der Waals surface area contributed by atoms with Gasteiger partial charge in [0.25, 0.3) is 0 Å². The Morgan fingerprint density at radius 2 is 2.00 bits per heavy atom. The fraction of sp³-hybridized carbons (Fsp3) is 0.846. The molecule has 0 aromatic rings. The normalized spacial score (nSPS) is 20.0. The Kier molecular flexibility index (Phi) is 5.27. The molecule has 0 saturated carbocycles. The monoisotopic (exact) mass is 224 g/mol. The highest BCUT2D eigenvalue weighted by molar-refractivity contribution is 5.04. The molecule has 0 spiro atoms. The zero-order valence-electron chi connectivity index (χ0n) is 11.0. The quantitative estimate of drug-likeness (QED) is 0.724. The van der Waals surface area contributed by atoms with Gasteiger partial charge in [0.05, 0.1) is 13.2 Å². The summed E-state index contributed by atoms with van der Waals surface area (Å²) in [5.74, 6) is 6.15. The Bertz CT molecular complexity index is 259. The van der Waals surface area contributed by atoms with E-state index in [-0.39, 0.29) is 5.54 Å². The minimum absolute atomic E-state index is 0.127. The molecule has 3 heteroatoms. The van der Waals surface area contributed by atoms with Gasteiger partial charge in [0.2, 0.25) is 0 Å². The van der Waals surface area contributed by atoms with Crippen LogP contribution < -0.4 is 5.32 Å². The molecule has 3 nitrogen and oxygen atoms in total. The molecule has 1 N–H and O–H groups in total. The molecule has 1 atom stereocenters. The number of rotatable bonds is 4. The largest absolute Gasteiger partial charge is 0.379 e. The van der Waals surface area contributed by atoms with Gasteiger partial charge in [-0.1, -0.05) is 0 Å². The first-order chi connectivity index (χ1) is 7.62. The fourth-order valence-corrected chi connectivity index (χ4v) is 2.27. The summed E-state index contributed by atoms with van der Waals surface area (Å²) in [5.41, 5.74) is 0.127. The molecule has 1 heterocycles. The van der Waals surface area contributed by atoms with Crippen LogP contribution in [0.3, 0.4) is 0 Å². The van der Waals surface area contributed by atoms with Gasteiger partial charge in [0.1, 0.15) is 0 Å². The summed E-state index contributed by atoms with van der Waals surface area (Å²) < 4.78 is 5.40. The van der Waals surface area contributed by atoms with E-state index in [1.54, 1.807) is 0 Å². The Balaban J connectivity index is 2.65. The molecule has 1 saturated heterocycles. The van der Waals surface area contributed by atoms with Crippen LogP contribution in [0.1, 0.15) is 27.2 Å². The molecular formula is C13H24N2O. The van der Waals surface area contributed by atoms with Crippen molar-refractivity contribution in [3.8, 4) is 11.8 Å². The van der Waals surface area contributed by atoms with E-state index >= 15 is 0 Å². The molecule has 16 heavy (non-hydrogen) atoms. The van der Waals surface area contributed by atoms with Crippen LogP contribution in [0.4, 0.5) is 0 Å². The van der Waals surface area contributed by atoms with Crippen LogP contribution in [0.5, 0.6) is 0 Å². The third kappa shape index (κ3) is 3.21. The number of morpholine rings is 1. The fourth-order valence-electron chi connectivity index (χ4n) is 2.27. The van der Waals surface area contributed by atoms with Crippen LogP contribution in [0.25, 0.3) is 0 Å². The number of nitrogens with one attached hydrogen (secondary N) is 1. The maximum Gasteiger partial charge on any atom is 0.0594 e. The summed E-state index contributed by atoms with van der Waals surface area (Å²) in [5, 5.41) is 3.39. The number of ether oxygens (including phenoxy) is 1. The predicted octanol–water partition coefficient (Wildman–Crippen LogP) is 1.10. The van der Waals surface area contributed by atoms with Gasteiger partial charge in [-0.25, -0.2) is 0 Å². The van der Waals surface area contributed by atoms with Crippen LogP contribution in [0.2, 0.25) is 0 Å². The van der Waals surface area contributed by atoms with E-state index < -0.39 is 0 Å². The average molecular weight is 224 g/mol. The van der Waals surface area contributed by atoms with E-state index in [1.165, 1.54) is 0 Å². The summed E-state index contributed by atoms with van der Waals surface area (Å²) in [6.45, 7) is 10.2. The predicted molar refractivity (Wildman–Crippen MR) is 67.4 cm³/mol. The van der Waals surface area contributed by atoms with Crippen molar-refractivity contribution in [2.45, 2.75) is 38.8 Å². The van der Waals surface area contributed by atoms with E-state index in [4.69, 9.17) is 4.74 Å². The van der Waals surface area contributed by atoms with Crippen molar-refractivity contribution in [3.05, 3.63) is 0 Å². The van der Waals surface area contributed by atoms with E-state index in [1.807, 2.05) is 14.0 Å². The lowest BCUT2D eigenvalue weighted by atomic mass is 9.89. The number of nitrogens with zero attached hydrogens (tertiary/aromatic N) is 1. The minimum Gasteiger partial charge on any atom is -0.379 e. The molecule has 0 radical (unpaired) electrons. The van der Waals surface area contributed by atoms with Crippen molar-refractivity contribution in [3.63, 3.8) is 0 Å². The van der Waals surface area contributed by atoms with Gasteiger partial charge in [-0.15, -0.1) is 11.8 Å². The zero-order valence-corrected chi connectivity index (χ0v) is 11.0. The van der Waals surface area contributed by atoms with E-state index in [0.29, 0.717) is 6.04 Å². The molecule has 1 fully saturated rings. The van der Waals surface area contributed by atoms with Gasteiger partial charge >= 0.3 is 0 Å². The lowest BCUT2D eigenvalue weighted by molar-refractivity contribution is -0.0218. The van der Waals surface area contributed by atoms with Gasteiger partial charge in [0, 0.05) is 31.1 Å². The molecule has 1 aliphatic heterocycles. The average Bonchev–Trinajstić information content (AvgIpc) is 2.31. The molecule has 1 aliphatic rings. The lowest BCUT2D eigenvalue weighted by Gasteiger charge is -2.45. The van der Waals surface area contributed by atoms with Crippen molar-refractivity contribution in [2.24, 2.45) is 0 Å². The first kappa shape index (κ1) is 13.5. The summed E-state index contributed by atoms with van der Waals surface area (Å²) in [6.07, 6.45) is 0.900. The second-order valence-electron chi connectivity index (χ2n) is 4.73. The maximum atomic E-state index is 5.40. The Labute approximate surface area is 99.5 Å². The maximum absolute atomic E-state index is 5.40. The number of likely N-dealkylation sites (N-methyl/N-ethyl adjacent to an activating group) is 1. The first-order valence-corrected chi connectivity index (χ1v) is 6.02. The smallest absolute Gasteiger partial charge is 0.0594 e. The van der Waals surface area contributed by atoms with E-state index in [9.17, 15) is 0 Å².